The molecule has 0 aliphatic heterocycles. The molecule has 0 aliphatic carbocycles. The number of rotatable bonds is 3. The van der Waals surface area contributed by atoms with E-state index >= 15 is 0 Å². The van der Waals surface area contributed by atoms with Crippen LogP contribution in [0, 0.1) is 0 Å². The molecule has 0 aromatic rings. The summed E-state index contributed by atoms with van der Waals surface area (Å²) in [5, 5.41) is 0. The van der Waals surface area contributed by atoms with Gasteiger partial charge in [-0.1, -0.05) is 0 Å². The summed E-state index contributed by atoms with van der Waals surface area (Å²) >= 11 is 1.59. The smallest absolute Gasteiger partial charge is 0.178 e. The lowest BCUT2D eigenvalue weighted by atomic mass is 11.8. The van der Waals surface area contributed by atoms with Gasteiger partial charge in [0.15, 0.2) is 8.38 Å². The van der Waals surface area contributed by atoms with Crippen LogP contribution in [0.1, 0.15) is 0 Å². The van der Waals surface area contributed by atoms with Gasteiger partial charge in [-0.3, -0.25) is 0 Å². The molecule has 0 rings (SSSR count). The molecule has 0 aromatic heterocycles. The van der Waals surface area contributed by atoms with Gasteiger partial charge in [-0.15, -0.1) is 0 Å². The zero-order valence-electron chi connectivity index (χ0n) is 4.42. The monoisotopic (exact) mass is 140 g/mol. The molecular weight excluding hydrogens is 131 g/mol. The molecule has 1 N–H and O–H groups in total. The van der Waals surface area contributed by atoms with Crippen molar-refractivity contribution < 1.29 is 9.42 Å². The minimum atomic E-state index is -1.12. The number of hydrogen-bond acceptors (Lipinski definition) is 3. The van der Waals surface area contributed by atoms with Gasteiger partial charge < -0.3 is 9.42 Å². The third kappa shape index (κ3) is 4.56. The van der Waals surface area contributed by atoms with Crippen molar-refractivity contribution in [2.24, 2.45) is 0 Å². The first kappa shape index (κ1) is 7.70. The Balaban J connectivity index is 2.83. The molecule has 4 heteroatoms. The summed E-state index contributed by atoms with van der Waals surface area (Å²) in [6.07, 6.45) is 1.94. The van der Waals surface area contributed by atoms with E-state index < -0.39 is 8.38 Å². The Morgan fingerprint density at radius 2 is 2.43 bits per heavy atom. The maximum Gasteiger partial charge on any atom is 0.178 e. The molecule has 7 heavy (non-hydrogen) atoms. The molecule has 0 spiro atoms. The van der Waals surface area contributed by atoms with Crippen molar-refractivity contribution in [2.45, 2.75) is 0 Å². The summed E-state index contributed by atoms with van der Waals surface area (Å²) < 4.78 is 4.59. The Bertz CT molecular complexity index is 43.9. The molecule has 1 atom stereocenters. The predicted molar refractivity (Wildman–Crippen MR) is 34.5 cm³/mol. The van der Waals surface area contributed by atoms with Crippen LogP contribution in [0.3, 0.4) is 0 Å². The highest BCUT2D eigenvalue weighted by Crippen LogP contribution is 2.32. The Morgan fingerprint density at radius 1 is 1.86 bits per heavy atom. The largest absolute Gasteiger partial charge is 0.349 e. The zero-order valence-corrected chi connectivity index (χ0v) is 6.13. The van der Waals surface area contributed by atoms with Crippen LogP contribution in [0.25, 0.3) is 0 Å². The summed E-state index contributed by atoms with van der Waals surface area (Å²) in [5.74, 6) is 0. The topological polar surface area (TPSA) is 29.5 Å². The maximum atomic E-state index is 8.68. The molecule has 1 unspecified atom stereocenters. The van der Waals surface area contributed by atoms with E-state index in [0.717, 1.165) is 0 Å². The van der Waals surface area contributed by atoms with E-state index in [1.807, 2.05) is 6.26 Å². The molecule has 0 heterocycles. The van der Waals surface area contributed by atoms with E-state index in [-0.39, 0.29) is 0 Å². The molecule has 0 amide bonds. The van der Waals surface area contributed by atoms with Gasteiger partial charge >= 0.3 is 0 Å². The molecule has 2 nitrogen and oxygen atoms in total. The van der Waals surface area contributed by atoms with Gasteiger partial charge in [0.1, 0.15) is 0 Å². The highest BCUT2D eigenvalue weighted by atomic mass is 32.2. The molecule has 0 aromatic carbocycles. The third-order valence-corrected chi connectivity index (χ3v) is 2.79. The van der Waals surface area contributed by atoms with E-state index in [4.69, 9.17) is 4.89 Å². The van der Waals surface area contributed by atoms with E-state index in [1.165, 1.54) is 7.11 Å². The summed E-state index contributed by atoms with van der Waals surface area (Å²) in [6, 6.07) is 0. The van der Waals surface area contributed by atoms with E-state index in [2.05, 4.69) is 4.52 Å². The second-order valence-corrected chi connectivity index (χ2v) is 3.63. The quantitative estimate of drug-likeness (QED) is 0.598. The highest BCUT2D eigenvalue weighted by molar-refractivity contribution is 8.03. The van der Waals surface area contributed by atoms with Crippen LogP contribution in [0.15, 0.2) is 0 Å². The van der Waals surface area contributed by atoms with E-state index in [0.29, 0.717) is 5.49 Å². The van der Waals surface area contributed by atoms with Crippen molar-refractivity contribution in [2.75, 3.05) is 18.9 Å². The molecule has 0 radical (unpaired) electrons. The highest BCUT2D eigenvalue weighted by Gasteiger charge is 1.96. The summed E-state index contributed by atoms with van der Waals surface area (Å²) in [5.41, 5.74) is 0.714. The Morgan fingerprint density at radius 3 is 2.57 bits per heavy atom. The SMILES string of the molecule is COP(O)CSC. The summed E-state index contributed by atoms with van der Waals surface area (Å²) in [4.78, 5) is 8.68. The first-order valence-electron chi connectivity index (χ1n) is 1.80. The lowest BCUT2D eigenvalue weighted by molar-refractivity contribution is 0.395. The molecule has 0 saturated heterocycles. The van der Waals surface area contributed by atoms with Gasteiger partial charge in [0.05, 0.1) is 5.49 Å². The Labute approximate surface area is 49.2 Å². The van der Waals surface area contributed by atoms with Crippen molar-refractivity contribution in [3.8, 4) is 0 Å². The summed E-state index contributed by atoms with van der Waals surface area (Å²) in [7, 11) is 0.400. The van der Waals surface area contributed by atoms with Crippen LogP contribution in [0.5, 0.6) is 0 Å². The molecular formula is C3H9O2PS. The average molecular weight is 140 g/mol. The minimum Gasteiger partial charge on any atom is -0.349 e. The third-order valence-electron chi connectivity index (χ3n) is 0.450. The van der Waals surface area contributed by atoms with Crippen LogP contribution in [-0.4, -0.2) is 23.8 Å². The fourth-order valence-corrected chi connectivity index (χ4v) is 1.47. The van der Waals surface area contributed by atoms with Crippen molar-refractivity contribution >= 4 is 20.1 Å². The number of hydrogen-bond donors (Lipinski definition) is 1. The van der Waals surface area contributed by atoms with Gasteiger partial charge in [0, 0.05) is 7.11 Å². The van der Waals surface area contributed by atoms with Crippen molar-refractivity contribution in [1.82, 2.24) is 0 Å². The average Bonchev–Trinajstić information content (AvgIpc) is 1.68. The van der Waals surface area contributed by atoms with Crippen LogP contribution in [-0.2, 0) is 4.52 Å². The molecule has 0 aliphatic rings. The first-order chi connectivity index (χ1) is 3.31. The Hall–Kier alpha value is 0.700. The second-order valence-electron chi connectivity index (χ2n) is 0.953. The maximum absolute atomic E-state index is 8.68. The van der Waals surface area contributed by atoms with Gasteiger partial charge in [-0.2, -0.15) is 11.8 Å². The van der Waals surface area contributed by atoms with E-state index in [1.54, 1.807) is 11.8 Å². The second kappa shape index (κ2) is 4.85. The lowest BCUT2D eigenvalue weighted by Gasteiger charge is -2.01. The van der Waals surface area contributed by atoms with Crippen LogP contribution in [0.4, 0.5) is 0 Å². The minimum absolute atomic E-state index is 0.714. The fraction of sp³-hybridized carbons (Fsp3) is 1.00. The first-order valence-corrected chi connectivity index (χ1v) is 4.60. The zero-order chi connectivity index (χ0) is 5.70. The van der Waals surface area contributed by atoms with Crippen molar-refractivity contribution in [1.29, 1.82) is 0 Å². The van der Waals surface area contributed by atoms with Crippen molar-refractivity contribution in [3.63, 3.8) is 0 Å². The molecule has 0 fully saturated rings. The lowest BCUT2D eigenvalue weighted by Crippen LogP contribution is -1.76. The van der Waals surface area contributed by atoms with Crippen LogP contribution < -0.4 is 0 Å². The predicted octanol–water partition coefficient (Wildman–Crippen LogP) is 1.26. The van der Waals surface area contributed by atoms with E-state index in [9.17, 15) is 0 Å². The fourth-order valence-electron chi connectivity index (χ4n) is 0.163. The normalized spacial score (nSPS) is 14.1. The van der Waals surface area contributed by atoms with Gasteiger partial charge in [0.25, 0.3) is 0 Å². The number of thioether (sulfide) groups is 1. The standard InChI is InChI=1S/C3H9O2PS/c1-5-6(4)3-7-2/h4H,3H2,1-2H3. The molecule has 0 saturated carbocycles. The van der Waals surface area contributed by atoms with Crippen LogP contribution >= 0.6 is 20.1 Å². The van der Waals surface area contributed by atoms with Gasteiger partial charge in [0.2, 0.25) is 0 Å². The Kier molecular flexibility index (Phi) is 5.33. The van der Waals surface area contributed by atoms with Gasteiger partial charge in [-0.25, -0.2) is 0 Å². The van der Waals surface area contributed by atoms with Crippen LogP contribution in [0.2, 0.25) is 0 Å². The summed E-state index contributed by atoms with van der Waals surface area (Å²) in [6.45, 7) is 0. The molecule has 44 valence electrons. The molecule has 0 bridgehead atoms. The van der Waals surface area contributed by atoms with Gasteiger partial charge in [-0.05, 0) is 6.26 Å². The van der Waals surface area contributed by atoms with Crippen molar-refractivity contribution in [3.05, 3.63) is 0 Å².